The van der Waals surface area contributed by atoms with Crippen molar-refractivity contribution >= 4 is 11.9 Å². The smallest absolute Gasteiger partial charge is 0.242 e. The van der Waals surface area contributed by atoms with E-state index in [1.807, 2.05) is 11.6 Å². The van der Waals surface area contributed by atoms with Crippen LogP contribution in [0.25, 0.3) is 0 Å². The molecule has 0 saturated heterocycles. The second-order valence-corrected chi connectivity index (χ2v) is 6.48. The van der Waals surface area contributed by atoms with E-state index in [1.165, 1.54) is 0 Å². The lowest BCUT2D eigenvalue weighted by atomic mass is 10.1. The lowest BCUT2D eigenvalue weighted by Gasteiger charge is -2.25. The third-order valence-electron chi connectivity index (χ3n) is 4.18. The van der Waals surface area contributed by atoms with Crippen LogP contribution >= 0.6 is 0 Å². The van der Waals surface area contributed by atoms with Gasteiger partial charge in [-0.15, -0.1) is 0 Å². The number of ether oxygens (including phenoxy) is 1. The van der Waals surface area contributed by atoms with Gasteiger partial charge >= 0.3 is 0 Å². The van der Waals surface area contributed by atoms with Gasteiger partial charge in [-0.2, -0.15) is 5.10 Å². The maximum Gasteiger partial charge on any atom is 0.242 e. The van der Waals surface area contributed by atoms with Gasteiger partial charge < -0.3 is 20.7 Å². The van der Waals surface area contributed by atoms with Gasteiger partial charge in [-0.05, 0) is 26.2 Å². The standard InChI is InChI=1S/C16H27N7O2/c1-3-17-16(18-8-15(24)19-11-4-5-11)20-12-6-7-14-21-13(10-25-2)22-23(14)9-12/h11-12H,3-10H2,1-2H3,(H,19,24)(H2,17,18,20). The Morgan fingerprint density at radius 1 is 1.32 bits per heavy atom. The lowest BCUT2D eigenvalue weighted by molar-refractivity contribution is -0.119. The predicted octanol–water partition coefficient (Wildman–Crippen LogP) is -0.427. The van der Waals surface area contributed by atoms with Crippen LogP contribution in [-0.2, 0) is 29.1 Å². The monoisotopic (exact) mass is 349 g/mol. The van der Waals surface area contributed by atoms with E-state index in [-0.39, 0.29) is 18.5 Å². The predicted molar refractivity (Wildman–Crippen MR) is 93.1 cm³/mol. The number of amides is 1. The highest BCUT2D eigenvalue weighted by Gasteiger charge is 2.24. The van der Waals surface area contributed by atoms with Gasteiger partial charge in [0.25, 0.3) is 0 Å². The molecule has 9 nitrogen and oxygen atoms in total. The summed E-state index contributed by atoms with van der Waals surface area (Å²) in [5.74, 6) is 2.36. The summed E-state index contributed by atoms with van der Waals surface area (Å²) in [6.45, 7) is 4.05. The van der Waals surface area contributed by atoms with E-state index in [4.69, 9.17) is 4.74 Å². The van der Waals surface area contributed by atoms with Crippen LogP contribution in [0.2, 0.25) is 0 Å². The second kappa shape index (κ2) is 8.28. The van der Waals surface area contributed by atoms with Crippen molar-refractivity contribution in [2.45, 2.75) is 57.8 Å². The first-order valence-corrected chi connectivity index (χ1v) is 8.93. The second-order valence-electron chi connectivity index (χ2n) is 6.48. The van der Waals surface area contributed by atoms with Crippen LogP contribution in [0.4, 0.5) is 0 Å². The molecular formula is C16H27N7O2. The summed E-state index contributed by atoms with van der Waals surface area (Å²) in [5.41, 5.74) is 0. The highest BCUT2D eigenvalue weighted by atomic mass is 16.5. The first kappa shape index (κ1) is 17.7. The average molecular weight is 349 g/mol. The molecule has 3 rings (SSSR count). The molecule has 1 aliphatic carbocycles. The molecule has 0 aromatic carbocycles. The Labute approximate surface area is 147 Å². The lowest BCUT2D eigenvalue weighted by Crippen LogP contribution is -2.47. The number of carbonyl (C=O) groups is 1. The van der Waals surface area contributed by atoms with Gasteiger partial charge in [0, 0.05) is 32.2 Å². The van der Waals surface area contributed by atoms with Gasteiger partial charge in [-0.3, -0.25) is 4.79 Å². The van der Waals surface area contributed by atoms with Crippen LogP contribution in [0.3, 0.4) is 0 Å². The van der Waals surface area contributed by atoms with Crippen molar-refractivity contribution in [1.29, 1.82) is 0 Å². The van der Waals surface area contributed by atoms with E-state index in [0.29, 0.717) is 18.6 Å². The Hall–Kier alpha value is -2.16. The fourth-order valence-corrected chi connectivity index (χ4v) is 2.83. The highest BCUT2D eigenvalue weighted by Crippen LogP contribution is 2.18. The van der Waals surface area contributed by atoms with E-state index >= 15 is 0 Å². The molecule has 0 radical (unpaired) electrons. The Morgan fingerprint density at radius 2 is 2.16 bits per heavy atom. The number of hydrogen-bond donors (Lipinski definition) is 3. The van der Waals surface area contributed by atoms with E-state index in [1.54, 1.807) is 7.11 Å². The first-order valence-electron chi connectivity index (χ1n) is 8.93. The molecule has 0 bridgehead atoms. The normalized spacial score (nSPS) is 20.1. The van der Waals surface area contributed by atoms with Gasteiger partial charge in [-0.25, -0.2) is 14.7 Å². The van der Waals surface area contributed by atoms with E-state index < -0.39 is 0 Å². The van der Waals surface area contributed by atoms with Crippen molar-refractivity contribution < 1.29 is 9.53 Å². The fourth-order valence-electron chi connectivity index (χ4n) is 2.83. The van der Waals surface area contributed by atoms with E-state index in [0.717, 1.165) is 50.4 Å². The van der Waals surface area contributed by atoms with Crippen LogP contribution in [0.15, 0.2) is 4.99 Å². The summed E-state index contributed by atoms with van der Waals surface area (Å²) in [6, 6.07) is 0.567. The first-order chi connectivity index (χ1) is 12.2. The molecule has 25 heavy (non-hydrogen) atoms. The number of aryl methyl sites for hydroxylation is 1. The fraction of sp³-hybridized carbons (Fsp3) is 0.750. The summed E-state index contributed by atoms with van der Waals surface area (Å²) < 4.78 is 7.02. The van der Waals surface area contributed by atoms with Crippen LogP contribution in [0, 0.1) is 0 Å². The van der Waals surface area contributed by atoms with Crippen LogP contribution in [0.5, 0.6) is 0 Å². The maximum atomic E-state index is 11.8. The van der Waals surface area contributed by atoms with Crippen molar-refractivity contribution in [1.82, 2.24) is 30.7 Å². The number of guanidine groups is 1. The molecule has 1 aromatic rings. The molecular weight excluding hydrogens is 322 g/mol. The van der Waals surface area contributed by atoms with E-state index in [9.17, 15) is 4.79 Å². The van der Waals surface area contributed by atoms with Gasteiger partial charge in [0.15, 0.2) is 11.8 Å². The number of aliphatic imine (C=N–C) groups is 1. The summed E-state index contributed by atoms with van der Waals surface area (Å²) in [4.78, 5) is 20.7. The summed E-state index contributed by atoms with van der Waals surface area (Å²) in [5, 5.41) is 14.0. The number of nitrogens with zero attached hydrogens (tertiary/aromatic N) is 4. The third-order valence-corrected chi connectivity index (χ3v) is 4.18. The van der Waals surface area contributed by atoms with Crippen molar-refractivity contribution in [2.75, 3.05) is 20.2 Å². The number of aromatic nitrogens is 3. The zero-order valence-corrected chi connectivity index (χ0v) is 14.9. The molecule has 9 heteroatoms. The van der Waals surface area contributed by atoms with Gasteiger partial charge in [0.05, 0.1) is 6.54 Å². The van der Waals surface area contributed by atoms with Crippen LogP contribution < -0.4 is 16.0 Å². The average Bonchev–Trinajstić information content (AvgIpc) is 3.30. The molecule has 0 spiro atoms. The Morgan fingerprint density at radius 3 is 2.88 bits per heavy atom. The summed E-state index contributed by atoms with van der Waals surface area (Å²) >= 11 is 0. The molecule has 138 valence electrons. The highest BCUT2D eigenvalue weighted by molar-refractivity contribution is 5.85. The Kier molecular flexibility index (Phi) is 5.85. The molecule has 1 atom stereocenters. The molecule has 2 heterocycles. The van der Waals surface area contributed by atoms with Crippen molar-refractivity contribution in [3.8, 4) is 0 Å². The minimum absolute atomic E-state index is 0.0221. The number of nitrogens with one attached hydrogen (secondary N) is 3. The van der Waals surface area contributed by atoms with Crippen molar-refractivity contribution in [2.24, 2.45) is 4.99 Å². The summed E-state index contributed by atoms with van der Waals surface area (Å²) in [6.07, 6.45) is 3.97. The molecule has 1 saturated carbocycles. The van der Waals surface area contributed by atoms with Crippen LogP contribution in [0.1, 0.15) is 37.8 Å². The molecule has 1 amide bonds. The molecule has 3 N–H and O–H groups in total. The zero-order valence-electron chi connectivity index (χ0n) is 14.9. The largest absolute Gasteiger partial charge is 0.377 e. The Bertz CT molecular complexity index is 624. The number of rotatable bonds is 7. The minimum atomic E-state index is -0.0221. The number of methoxy groups -OCH3 is 1. The Balaban J connectivity index is 1.55. The van der Waals surface area contributed by atoms with Crippen molar-refractivity contribution in [3.63, 3.8) is 0 Å². The quantitative estimate of drug-likeness (QED) is 0.456. The third kappa shape index (κ3) is 5.15. The summed E-state index contributed by atoms with van der Waals surface area (Å²) in [7, 11) is 1.64. The van der Waals surface area contributed by atoms with Gasteiger partial charge in [0.2, 0.25) is 5.91 Å². The molecule has 1 aromatic heterocycles. The molecule has 1 aliphatic heterocycles. The number of carbonyl (C=O) groups excluding carboxylic acids is 1. The van der Waals surface area contributed by atoms with Gasteiger partial charge in [-0.1, -0.05) is 0 Å². The van der Waals surface area contributed by atoms with Gasteiger partial charge in [0.1, 0.15) is 19.0 Å². The SMILES string of the molecule is CCNC(=NCC(=O)NC1CC1)NC1CCc2nc(COC)nn2C1. The topological polar surface area (TPSA) is 105 Å². The molecule has 1 fully saturated rings. The number of fused-ring (bicyclic) bond motifs is 1. The maximum absolute atomic E-state index is 11.8. The number of hydrogen-bond acceptors (Lipinski definition) is 5. The molecule has 2 aliphatic rings. The minimum Gasteiger partial charge on any atom is -0.377 e. The van der Waals surface area contributed by atoms with E-state index in [2.05, 4.69) is 31.0 Å². The van der Waals surface area contributed by atoms with Crippen LogP contribution in [-0.4, -0.2) is 58.9 Å². The van der Waals surface area contributed by atoms with Crippen molar-refractivity contribution in [3.05, 3.63) is 11.6 Å². The molecule has 1 unspecified atom stereocenters. The zero-order chi connectivity index (χ0) is 17.6.